The lowest BCUT2D eigenvalue weighted by molar-refractivity contribution is -0.131. The van der Waals surface area contributed by atoms with E-state index in [1.165, 1.54) is 0 Å². The Balaban J connectivity index is 2.42. The summed E-state index contributed by atoms with van der Waals surface area (Å²) in [5, 5.41) is 8.77. The highest BCUT2D eigenvalue weighted by atomic mass is 16.2. The molecule has 72 valence electrons. The summed E-state index contributed by atoms with van der Waals surface area (Å²) in [6, 6.07) is 2.03. The van der Waals surface area contributed by atoms with Gasteiger partial charge in [-0.1, -0.05) is 13.3 Å². The lowest BCUT2D eigenvalue weighted by atomic mass is 10.2. The molecule has 1 fully saturated rings. The molecule has 0 radical (unpaired) electrons. The number of amides is 1. The van der Waals surface area contributed by atoms with Gasteiger partial charge in [0.25, 0.3) is 0 Å². The molecule has 3 heteroatoms. The van der Waals surface area contributed by atoms with E-state index in [4.69, 9.17) is 5.26 Å². The third-order valence-corrected chi connectivity index (χ3v) is 2.47. The van der Waals surface area contributed by atoms with Crippen molar-refractivity contribution in [2.24, 2.45) is 0 Å². The second-order valence-electron chi connectivity index (χ2n) is 3.48. The molecule has 0 aliphatic carbocycles. The van der Waals surface area contributed by atoms with E-state index in [0.29, 0.717) is 6.42 Å². The first-order valence-corrected chi connectivity index (χ1v) is 4.98. The first-order chi connectivity index (χ1) is 6.29. The average Bonchev–Trinajstić information content (AvgIpc) is 2.61. The number of rotatable bonds is 3. The molecule has 0 aromatic carbocycles. The average molecular weight is 180 g/mol. The second kappa shape index (κ2) is 4.86. The number of carbonyl (C=O) groups is 1. The predicted molar refractivity (Wildman–Crippen MR) is 49.9 cm³/mol. The van der Waals surface area contributed by atoms with Crippen molar-refractivity contribution in [3.8, 4) is 6.07 Å². The molecule has 1 aliphatic rings. The van der Waals surface area contributed by atoms with Gasteiger partial charge in [-0.2, -0.15) is 5.26 Å². The Hall–Kier alpha value is -1.04. The number of unbranched alkanes of at least 4 members (excludes halogenated alkanes) is 1. The lowest BCUT2D eigenvalue weighted by Crippen LogP contribution is -2.34. The highest BCUT2D eigenvalue weighted by molar-refractivity contribution is 5.77. The molecular weight excluding hydrogens is 164 g/mol. The van der Waals surface area contributed by atoms with Gasteiger partial charge in [0.05, 0.1) is 6.07 Å². The van der Waals surface area contributed by atoms with Crippen molar-refractivity contribution in [3.05, 3.63) is 0 Å². The summed E-state index contributed by atoms with van der Waals surface area (Å²) >= 11 is 0. The normalized spacial score (nSPS) is 21.5. The Labute approximate surface area is 79.3 Å². The Bertz CT molecular complexity index is 219. The molecule has 1 amide bonds. The van der Waals surface area contributed by atoms with Gasteiger partial charge in [0.2, 0.25) is 5.91 Å². The Kier molecular flexibility index (Phi) is 3.75. The largest absolute Gasteiger partial charge is 0.327 e. The van der Waals surface area contributed by atoms with E-state index >= 15 is 0 Å². The predicted octanol–water partition coefficient (Wildman–Crippen LogP) is 1.69. The van der Waals surface area contributed by atoms with Crippen molar-refractivity contribution in [2.45, 2.75) is 45.1 Å². The maximum Gasteiger partial charge on any atom is 0.223 e. The van der Waals surface area contributed by atoms with Crippen molar-refractivity contribution >= 4 is 5.91 Å². The summed E-state index contributed by atoms with van der Waals surface area (Å²) in [5.74, 6) is 0.158. The minimum absolute atomic E-state index is 0.149. The van der Waals surface area contributed by atoms with Crippen molar-refractivity contribution in [1.29, 1.82) is 5.26 Å². The van der Waals surface area contributed by atoms with Crippen LogP contribution in [-0.4, -0.2) is 23.4 Å². The van der Waals surface area contributed by atoms with Crippen molar-refractivity contribution in [3.63, 3.8) is 0 Å². The molecule has 0 bridgehead atoms. The molecule has 3 nitrogen and oxygen atoms in total. The van der Waals surface area contributed by atoms with E-state index in [2.05, 4.69) is 13.0 Å². The van der Waals surface area contributed by atoms with Crippen LogP contribution in [0.1, 0.15) is 39.0 Å². The minimum atomic E-state index is -0.149. The van der Waals surface area contributed by atoms with Crippen molar-refractivity contribution in [1.82, 2.24) is 4.90 Å². The van der Waals surface area contributed by atoms with E-state index in [0.717, 1.165) is 32.2 Å². The Morgan fingerprint density at radius 2 is 2.46 bits per heavy atom. The van der Waals surface area contributed by atoms with Crippen LogP contribution in [0.5, 0.6) is 0 Å². The molecule has 0 spiro atoms. The zero-order valence-corrected chi connectivity index (χ0v) is 8.12. The summed E-state index contributed by atoms with van der Waals surface area (Å²) in [6.45, 7) is 2.85. The molecule has 0 N–H and O–H groups in total. The smallest absolute Gasteiger partial charge is 0.223 e. The van der Waals surface area contributed by atoms with Gasteiger partial charge in [-0.15, -0.1) is 0 Å². The summed E-state index contributed by atoms with van der Waals surface area (Å²) in [5.41, 5.74) is 0. The first kappa shape index (κ1) is 10.0. The van der Waals surface area contributed by atoms with Crippen LogP contribution in [0.3, 0.4) is 0 Å². The number of nitrogens with zero attached hydrogens (tertiary/aromatic N) is 2. The maximum atomic E-state index is 11.5. The molecule has 1 unspecified atom stereocenters. The molecule has 0 saturated carbocycles. The molecule has 1 atom stereocenters. The molecule has 0 aromatic rings. The van der Waals surface area contributed by atoms with Gasteiger partial charge in [0.1, 0.15) is 6.04 Å². The van der Waals surface area contributed by atoms with Crippen LogP contribution in [-0.2, 0) is 4.79 Å². The van der Waals surface area contributed by atoms with Crippen LogP contribution in [0.2, 0.25) is 0 Å². The highest BCUT2D eigenvalue weighted by Crippen LogP contribution is 2.17. The number of likely N-dealkylation sites (tertiary alicyclic amines) is 1. The van der Waals surface area contributed by atoms with Crippen molar-refractivity contribution < 1.29 is 4.79 Å². The van der Waals surface area contributed by atoms with Crippen LogP contribution in [0.15, 0.2) is 0 Å². The third-order valence-electron chi connectivity index (χ3n) is 2.47. The molecule has 13 heavy (non-hydrogen) atoms. The Morgan fingerprint density at radius 1 is 1.69 bits per heavy atom. The van der Waals surface area contributed by atoms with E-state index in [-0.39, 0.29) is 11.9 Å². The summed E-state index contributed by atoms with van der Waals surface area (Å²) in [7, 11) is 0. The fraction of sp³-hybridized carbons (Fsp3) is 0.800. The van der Waals surface area contributed by atoms with Crippen LogP contribution >= 0.6 is 0 Å². The van der Waals surface area contributed by atoms with Crippen molar-refractivity contribution in [2.75, 3.05) is 6.54 Å². The SMILES string of the molecule is CCCCC(=O)N1CCCC1C#N. The fourth-order valence-electron chi connectivity index (χ4n) is 1.67. The number of hydrogen-bond donors (Lipinski definition) is 0. The number of nitriles is 1. The van der Waals surface area contributed by atoms with E-state index in [1.54, 1.807) is 4.90 Å². The van der Waals surface area contributed by atoms with Gasteiger partial charge in [-0.25, -0.2) is 0 Å². The van der Waals surface area contributed by atoms with Gasteiger partial charge in [0, 0.05) is 13.0 Å². The molecule has 1 heterocycles. The molecule has 0 aromatic heterocycles. The van der Waals surface area contributed by atoms with E-state index in [1.807, 2.05) is 0 Å². The summed E-state index contributed by atoms with van der Waals surface area (Å²) in [6.07, 6.45) is 4.42. The number of hydrogen-bond acceptors (Lipinski definition) is 2. The molecular formula is C10H16N2O. The van der Waals surface area contributed by atoms with E-state index in [9.17, 15) is 4.79 Å². The zero-order valence-electron chi connectivity index (χ0n) is 8.12. The first-order valence-electron chi connectivity index (χ1n) is 4.98. The maximum absolute atomic E-state index is 11.5. The molecule has 1 rings (SSSR count). The van der Waals surface area contributed by atoms with Gasteiger partial charge in [-0.05, 0) is 19.3 Å². The Morgan fingerprint density at radius 3 is 3.08 bits per heavy atom. The quantitative estimate of drug-likeness (QED) is 0.663. The number of carbonyl (C=O) groups excluding carboxylic acids is 1. The third kappa shape index (κ3) is 2.45. The van der Waals surface area contributed by atoms with Crippen LogP contribution in [0.4, 0.5) is 0 Å². The fourth-order valence-corrected chi connectivity index (χ4v) is 1.67. The topological polar surface area (TPSA) is 44.1 Å². The van der Waals surface area contributed by atoms with Crippen LogP contribution in [0.25, 0.3) is 0 Å². The zero-order chi connectivity index (χ0) is 9.68. The van der Waals surface area contributed by atoms with Crippen LogP contribution in [0, 0.1) is 11.3 Å². The summed E-state index contributed by atoms with van der Waals surface area (Å²) in [4.78, 5) is 13.3. The molecule has 1 aliphatic heterocycles. The minimum Gasteiger partial charge on any atom is -0.327 e. The monoisotopic (exact) mass is 180 g/mol. The molecule has 1 saturated heterocycles. The van der Waals surface area contributed by atoms with E-state index < -0.39 is 0 Å². The van der Waals surface area contributed by atoms with Gasteiger partial charge >= 0.3 is 0 Å². The van der Waals surface area contributed by atoms with Gasteiger partial charge in [-0.3, -0.25) is 4.79 Å². The highest BCUT2D eigenvalue weighted by Gasteiger charge is 2.27. The van der Waals surface area contributed by atoms with Gasteiger partial charge < -0.3 is 4.90 Å². The standard InChI is InChI=1S/C10H16N2O/c1-2-3-6-10(13)12-7-4-5-9(12)8-11/h9H,2-7H2,1H3. The van der Waals surface area contributed by atoms with Crippen LogP contribution < -0.4 is 0 Å². The summed E-state index contributed by atoms with van der Waals surface area (Å²) < 4.78 is 0. The lowest BCUT2D eigenvalue weighted by Gasteiger charge is -2.18. The second-order valence-corrected chi connectivity index (χ2v) is 3.48. The van der Waals surface area contributed by atoms with Gasteiger partial charge in [0.15, 0.2) is 0 Å².